The fourth-order valence-corrected chi connectivity index (χ4v) is 1.68. The van der Waals surface area contributed by atoms with Gasteiger partial charge in [0.2, 0.25) is 0 Å². The molecular formula is C10H9ClN2O2. The number of para-hydroxylation sites is 1. The molecule has 0 aliphatic heterocycles. The summed E-state index contributed by atoms with van der Waals surface area (Å²) in [7, 11) is 1.59. The molecule has 0 radical (unpaired) electrons. The van der Waals surface area contributed by atoms with Gasteiger partial charge in [-0.2, -0.15) is 0 Å². The van der Waals surface area contributed by atoms with Gasteiger partial charge in [0.25, 0.3) is 0 Å². The Morgan fingerprint density at radius 3 is 3.00 bits per heavy atom. The Balaban J connectivity index is 2.71. The lowest BCUT2D eigenvalue weighted by Gasteiger charge is -2.00. The topological polar surface area (TPSA) is 57.6 Å². The van der Waals surface area contributed by atoms with E-state index in [1.807, 2.05) is 18.2 Å². The van der Waals surface area contributed by atoms with Crippen LogP contribution in [0.3, 0.4) is 0 Å². The van der Waals surface area contributed by atoms with Crippen LogP contribution in [0.25, 0.3) is 10.9 Å². The summed E-state index contributed by atoms with van der Waals surface area (Å²) in [5.41, 5.74) is 1.48. The third kappa shape index (κ3) is 1.53. The van der Waals surface area contributed by atoms with Gasteiger partial charge in [0.1, 0.15) is 5.75 Å². The van der Waals surface area contributed by atoms with Crippen LogP contribution >= 0.6 is 11.6 Å². The molecule has 4 nitrogen and oxygen atoms in total. The van der Waals surface area contributed by atoms with E-state index in [0.29, 0.717) is 5.56 Å². The maximum atomic E-state index is 8.60. The van der Waals surface area contributed by atoms with Gasteiger partial charge >= 0.3 is 0 Å². The van der Waals surface area contributed by atoms with Crippen molar-refractivity contribution >= 4 is 27.7 Å². The van der Waals surface area contributed by atoms with E-state index in [2.05, 4.69) is 10.1 Å². The van der Waals surface area contributed by atoms with Crippen molar-refractivity contribution in [3.8, 4) is 5.75 Å². The Kier molecular flexibility index (Phi) is 2.51. The Morgan fingerprint density at radius 2 is 2.33 bits per heavy atom. The zero-order valence-corrected chi connectivity index (χ0v) is 8.75. The van der Waals surface area contributed by atoms with Crippen molar-refractivity contribution in [2.45, 2.75) is 0 Å². The number of nitrogens with one attached hydrogen (secondary N) is 1. The predicted octanol–water partition coefficient (Wildman–Crippen LogP) is 2.55. The molecule has 0 bridgehead atoms. The smallest absolute Gasteiger partial charge is 0.177 e. The predicted molar refractivity (Wildman–Crippen MR) is 59.0 cm³/mol. The number of halogens is 1. The second-order valence-electron chi connectivity index (χ2n) is 2.98. The maximum Gasteiger partial charge on any atom is 0.177 e. The summed E-state index contributed by atoms with van der Waals surface area (Å²) in [6.07, 6.45) is 1.68. The largest absolute Gasteiger partial charge is 0.495 e. The number of H-pyrrole nitrogens is 1. The number of ether oxygens (including phenoxy) is 1. The molecule has 0 aliphatic carbocycles. The van der Waals surface area contributed by atoms with E-state index in [1.165, 1.54) is 0 Å². The number of benzene rings is 1. The van der Waals surface area contributed by atoms with E-state index in [0.717, 1.165) is 16.7 Å². The van der Waals surface area contributed by atoms with E-state index in [-0.39, 0.29) is 5.17 Å². The van der Waals surface area contributed by atoms with Crippen LogP contribution in [-0.4, -0.2) is 22.5 Å². The third-order valence-corrected chi connectivity index (χ3v) is 2.49. The Hall–Kier alpha value is -1.68. The summed E-state index contributed by atoms with van der Waals surface area (Å²) < 4.78 is 5.18. The number of fused-ring (bicyclic) bond motifs is 1. The molecule has 1 heterocycles. The normalized spacial score (nSPS) is 12.0. The zero-order chi connectivity index (χ0) is 10.8. The van der Waals surface area contributed by atoms with Crippen molar-refractivity contribution in [3.63, 3.8) is 0 Å². The maximum absolute atomic E-state index is 8.60. The first-order chi connectivity index (χ1) is 7.27. The van der Waals surface area contributed by atoms with E-state index in [4.69, 9.17) is 21.5 Å². The lowest BCUT2D eigenvalue weighted by atomic mass is 10.2. The van der Waals surface area contributed by atoms with Crippen LogP contribution in [0.15, 0.2) is 29.6 Å². The van der Waals surface area contributed by atoms with E-state index < -0.39 is 0 Å². The molecule has 0 unspecified atom stereocenters. The highest BCUT2D eigenvalue weighted by molar-refractivity contribution is 6.70. The van der Waals surface area contributed by atoms with Crippen LogP contribution < -0.4 is 4.74 Å². The monoisotopic (exact) mass is 224 g/mol. The summed E-state index contributed by atoms with van der Waals surface area (Å²) in [6.45, 7) is 0. The summed E-state index contributed by atoms with van der Waals surface area (Å²) in [5, 5.41) is 12.5. The molecule has 2 N–H and O–H groups in total. The Labute approximate surface area is 91.1 Å². The number of rotatable bonds is 2. The first-order valence-corrected chi connectivity index (χ1v) is 4.67. The Morgan fingerprint density at radius 1 is 1.53 bits per heavy atom. The van der Waals surface area contributed by atoms with Gasteiger partial charge in [-0.1, -0.05) is 28.9 Å². The molecular weight excluding hydrogens is 216 g/mol. The highest BCUT2D eigenvalue weighted by Crippen LogP contribution is 2.27. The molecule has 0 saturated carbocycles. The van der Waals surface area contributed by atoms with Crippen LogP contribution in [0.5, 0.6) is 5.75 Å². The molecule has 1 aromatic carbocycles. The van der Waals surface area contributed by atoms with Gasteiger partial charge < -0.3 is 14.9 Å². The second kappa shape index (κ2) is 3.82. The van der Waals surface area contributed by atoms with Crippen molar-refractivity contribution in [1.82, 2.24) is 4.98 Å². The van der Waals surface area contributed by atoms with E-state index in [1.54, 1.807) is 13.3 Å². The highest BCUT2D eigenvalue weighted by atomic mass is 35.5. The van der Waals surface area contributed by atoms with Crippen molar-refractivity contribution in [2.24, 2.45) is 5.16 Å². The summed E-state index contributed by atoms with van der Waals surface area (Å²) in [6, 6.07) is 5.56. The molecule has 2 rings (SSSR count). The minimum atomic E-state index is 0.0505. The van der Waals surface area contributed by atoms with Gasteiger partial charge in [0, 0.05) is 17.1 Å². The Bertz CT molecular complexity index is 519. The van der Waals surface area contributed by atoms with Crippen molar-refractivity contribution in [3.05, 3.63) is 30.0 Å². The molecule has 15 heavy (non-hydrogen) atoms. The van der Waals surface area contributed by atoms with Gasteiger partial charge in [0.15, 0.2) is 5.17 Å². The number of aromatic amines is 1. The van der Waals surface area contributed by atoms with E-state index in [9.17, 15) is 0 Å². The molecule has 0 spiro atoms. The minimum absolute atomic E-state index is 0.0505. The van der Waals surface area contributed by atoms with E-state index >= 15 is 0 Å². The zero-order valence-electron chi connectivity index (χ0n) is 7.99. The molecule has 5 heteroatoms. The van der Waals surface area contributed by atoms with Crippen molar-refractivity contribution < 1.29 is 9.94 Å². The SMILES string of the molecule is COc1cccc2c(/C(Cl)=N/O)c[nH]c12. The number of hydrogen-bond acceptors (Lipinski definition) is 3. The number of nitrogens with zero attached hydrogens (tertiary/aromatic N) is 1. The number of oxime groups is 1. The van der Waals surface area contributed by atoms with Crippen LogP contribution in [0.2, 0.25) is 0 Å². The molecule has 0 aliphatic rings. The molecule has 0 fully saturated rings. The number of hydrogen-bond donors (Lipinski definition) is 2. The van der Waals surface area contributed by atoms with Gasteiger partial charge in [-0.3, -0.25) is 0 Å². The van der Waals surface area contributed by atoms with Crippen LogP contribution in [0.1, 0.15) is 5.56 Å². The molecule has 0 atom stereocenters. The standard InChI is InChI=1S/C10H9ClN2O2/c1-15-8-4-2-3-6-7(10(11)13-14)5-12-9(6)8/h2-5,12,14H,1H3/b13-10-. The van der Waals surface area contributed by atoms with Crippen molar-refractivity contribution in [2.75, 3.05) is 7.11 Å². The minimum Gasteiger partial charge on any atom is -0.495 e. The van der Waals surface area contributed by atoms with Crippen LogP contribution in [0.4, 0.5) is 0 Å². The van der Waals surface area contributed by atoms with Gasteiger partial charge in [-0.15, -0.1) is 0 Å². The average molecular weight is 225 g/mol. The molecule has 2 aromatic rings. The molecule has 1 aromatic heterocycles. The second-order valence-corrected chi connectivity index (χ2v) is 3.33. The van der Waals surface area contributed by atoms with Gasteiger partial charge in [-0.05, 0) is 6.07 Å². The quantitative estimate of drug-likeness (QED) is 0.468. The summed E-state index contributed by atoms with van der Waals surface area (Å²) in [5.74, 6) is 0.723. The molecule has 0 amide bonds. The first-order valence-electron chi connectivity index (χ1n) is 4.30. The lowest BCUT2D eigenvalue weighted by molar-refractivity contribution is 0.321. The summed E-state index contributed by atoms with van der Waals surface area (Å²) >= 11 is 5.75. The van der Waals surface area contributed by atoms with Gasteiger partial charge in [0.05, 0.1) is 12.6 Å². The van der Waals surface area contributed by atoms with Crippen LogP contribution in [-0.2, 0) is 0 Å². The average Bonchev–Trinajstić information content (AvgIpc) is 2.71. The van der Waals surface area contributed by atoms with Gasteiger partial charge in [-0.25, -0.2) is 0 Å². The third-order valence-electron chi connectivity index (χ3n) is 2.21. The fraction of sp³-hybridized carbons (Fsp3) is 0.100. The molecule has 78 valence electrons. The van der Waals surface area contributed by atoms with Crippen LogP contribution in [0, 0.1) is 0 Å². The number of methoxy groups -OCH3 is 1. The summed E-state index contributed by atoms with van der Waals surface area (Å²) in [4.78, 5) is 3.02. The lowest BCUT2D eigenvalue weighted by Crippen LogP contribution is -1.88. The fourth-order valence-electron chi connectivity index (χ4n) is 1.52. The first kappa shape index (κ1) is 9.86. The van der Waals surface area contributed by atoms with Crippen molar-refractivity contribution in [1.29, 1.82) is 0 Å². The number of aromatic nitrogens is 1. The highest BCUT2D eigenvalue weighted by Gasteiger charge is 2.10. The molecule has 0 saturated heterocycles.